The van der Waals surface area contributed by atoms with Gasteiger partial charge >= 0.3 is 0 Å². The summed E-state index contributed by atoms with van der Waals surface area (Å²) in [6.45, 7) is 9.18. The van der Waals surface area contributed by atoms with E-state index in [2.05, 4.69) is 38.3 Å². The first kappa shape index (κ1) is 13.2. The van der Waals surface area contributed by atoms with Gasteiger partial charge in [0.15, 0.2) is 0 Å². The molecule has 0 aromatic carbocycles. The largest absolute Gasteiger partial charge is 0.388 e. The van der Waals surface area contributed by atoms with Crippen LogP contribution in [0, 0.1) is 12.3 Å². The molecule has 0 bridgehead atoms. The van der Waals surface area contributed by atoms with E-state index in [1.165, 1.54) is 42.6 Å². The Bertz CT molecular complexity index is 492. The highest BCUT2D eigenvalue weighted by atomic mass is 16.3. The van der Waals surface area contributed by atoms with E-state index in [9.17, 15) is 5.11 Å². The molecule has 1 aromatic heterocycles. The van der Waals surface area contributed by atoms with Gasteiger partial charge in [0.05, 0.1) is 6.10 Å². The number of aliphatic hydroxyl groups excluding tert-OH is 1. The van der Waals surface area contributed by atoms with Gasteiger partial charge in [0.2, 0.25) is 0 Å². The first-order valence-corrected chi connectivity index (χ1v) is 7.72. The van der Waals surface area contributed by atoms with Gasteiger partial charge in [-0.05, 0) is 51.0 Å². The Labute approximate surface area is 116 Å². The van der Waals surface area contributed by atoms with Gasteiger partial charge in [-0.2, -0.15) is 0 Å². The van der Waals surface area contributed by atoms with Crippen molar-refractivity contribution in [2.24, 2.45) is 5.41 Å². The van der Waals surface area contributed by atoms with Gasteiger partial charge in [0, 0.05) is 22.5 Å². The minimum absolute atomic E-state index is 0.212. The zero-order valence-corrected chi connectivity index (χ0v) is 12.8. The molecule has 1 heterocycles. The number of hydrogen-bond donors (Lipinski definition) is 1. The number of aromatic nitrogens is 1. The molecule has 0 aliphatic heterocycles. The third-order valence-electron chi connectivity index (χ3n) is 5.29. The maximum Gasteiger partial charge on any atom is 0.0812 e. The first-order valence-electron chi connectivity index (χ1n) is 7.72. The highest BCUT2D eigenvalue weighted by Gasteiger charge is 2.39. The second-order valence-electron chi connectivity index (χ2n) is 7.79. The van der Waals surface area contributed by atoms with Crippen LogP contribution < -0.4 is 0 Å². The van der Waals surface area contributed by atoms with Crippen LogP contribution in [0.1, 0.15) is 75.9 Å². The predicted molar refractivity (Wildman–Crippen MR) is 78.3 cm³/mol. The van der Waals surface area contributed by atoms with Crippen molar-refractivity contribution in [3.63, 3.8) is 0 Å². The van der Waals surface area contributed by atoms with Crippen molar-refractivity contribution in [1.82, 2.24) is 4.57 Å². The Hall–Kier alpha value is -0.760. The number of fused-ring (bicyclic) bond motifs is 1. The zero-order valence-electron chi connectivity index (χ0n) is 12.8. The Morgan fingerprint density at radius 2 is 1.84 bits per heavy atom. The molecular weight excluding hydrogens is 234 g/mol. The van der Waals surface area contributed by atoms with Gasteiger partial charge in [0.25, 0.3) is 0 Å². The van der Waals surface area contributed by atoms with E-state index in [4.69, 9.17) is 0 Å². The van der Waals surface area contributed by atoms with Crippen LogP contribution in [0.2, 0.25) is 0 Å². The minimum Gasteiger partial charge on any atom is -0.388 e. The van der Waals surface area contributed by atoms with Gasteiger partial charge in [-0.15, -0.1) is 0 Å². The van der Waals surface area contributed by atoms with Gasteiger partial charge in [0.1, 0.15) is 0 Å². The van der Waals surface area contributed by atoms with Crippen LogP contribution in [0.3, 0.4) is 0 Å². The summed E-state index contributed by atoms with van der Waals surface area (Å²) in [4.78, 5) is 0. The molecule has 0 spiro atoms. The van der Waals surface area contributed by atoms with Crippen molar-refractivity contribution in [3.05, 3.63) is 23.0 Å². The minimum atomic E-state index is -0.274. The number of aryl methyl sites for hydroxylation is 1. The summed E-state index contributed by atoms with van der Waals surface area (Å²) in [6, 6.07) is 2.23. The summed E-state index contributed by atoms with van der Waals surface area (Å²) in [5.41, 5.74) is 4.44. The number of hydrogen-bond acceptors (Lipinski definition) is 1. The monoisotopic (exact) mass is 261 g/mol. The van der Waals surface area contributed by atoms with Crippen molar-refractivity contribution in [2.75, 3.05) is 0 Å². The molecule has 1 N–H and O–H groups in total. The molecule has 1 fully saturated rings. The summed E-state index contributed by atoms with van der Waals surface area (Å²) in [5.74, 6) is 0. The highest BCUT2D eigenvalue weighted by Crippen LogP contribution is 2.46. The topological polar surface area (TPSA) is 25.2 Å². The van der Waals surface area contributed by atoms with Gasteiger partial charge in [-0.1, -0.05) is 26.7 Å². The second-order valence-corrected chi connectivity index (χ2v) is 7.79. The second kappa shape index (κ2) is 4.12. The molecule has 0 saturated heterocycles. The van der Waals surface area contributed by atoms with E-state index < -0.39 is 0 Å². The molecule has 19 heavy (non-hydrogen) atoms. The smallest absolute Gasteiger partial charge is 0.0812 e. The normalized spacial score (nSPS) is 28.4. The third kappa shape index (κ3) is 2.05. The standard InChI is InChI=1S/C17H27NO/c1-12-9-13-14(10-16(2,3)11-15(13)19)18(12)17(4)7-5-6-8-17/h9,15,19H,5-8,10-11H2,1-4H3. The van der Waals surface area contributed by atoms with Crippen molar-refractivity contribution >= 4 is 0 Å². The number of aliphatic hydroxyl groups is 1. The molecule has 2 aliphatic rings. The molecule has 3 rings (SSSR count). The molecule has 106 valence electrons. The maximum atomic E-state index is 10.4. The SMILES string of the molecule is Cc1cc2c(n1C1(C)CCCC1)CC(C)(C)CC2O. The fourth-order valence-electron chi connectivity index (χ4n) is 4.46. The predicted octanol–water partition coefficient (Wildman–Crippen LogP) is 4.09. The quantitative estimate of drug-likeness (QED) is 0.809. The summed E-state index contributed by atoms with van der Waals surface area (Å²) >= 11 is 0. The molecule has 1 atom stereocenters. The fraction of sp³-hybridized carbons (Fsp3) is 0.765. The Morgan fingerprint density at radius 1 is 1.21 bits per heavy atom. The van der Waals surface area contributed by atoms with E-state index >= 15 is 0 Å². The molecule has 2 heteroatoms. The average Bonchev–Trinajstić information content (AvgIpc) is 2.82. The molecule has 0 radical (unpaired) electrons. The molecule has 1 aromatic rings. The maximum absolute atomic E-state index is 10.4. The van der Waals surface area contributed by atoms with Crippen LogP contribution in [0.5, 0.6) is 0 Å². The lowest BCUT2D eigenvalue weighted by atomic mass is 9.75. The Kier molecular flexibility index (Phi) is 2.87. The van der Waals surface area contributed by atoms with E-state index in [-0.39, 0.29) is 17.1 Å². The van der Waals surface area contributed by atoms with Crippen LogP contribution in [0.4, 0.5) is 0 Å². The van der Waals surface area contributed by atoms with Crippen LogP contribution in [-0.2, 0) is 12.0 Å². The van der Waals surface area contributed by atoms with E-state index in [0.29, 0.717) is 0 Å². The average molecular weight is 261 g/mol. The van der Waals surface area contributed by atoms with Crippen molar-refractivity contribution in [2.45, 2.75) is 77.9 Å². The van der Waals surface area contributed by atoms with E-state index in [1.807, 2.05) is 0 Å². The van der Waals surface area contributed by atoms with Gasteiger partial charge in [-0.25, -0.2) is 0 Å². The molecule has 2 aliphatic carbocycles. The lowest BCUT2D eigenvalue weighted by molar-refractivity contribution is 0.0959. The van der Waals surface area contributed by atoms with Crippen molar-refractivity contribution in [1.29, 1.82) is 0 Å². The van der Waals surface area contributed by atoms with Crippen LogP contribution >= 0.6 is 0 Å². The summed E-state index contributed by atoms with van der Waals surface area (Å²) in [7, 11) is 0. The molecule has 1 saturated carbocycles. The van der Waals surface area contributed by atoms with Crippen LogP contribution in [-0.4, -0.2) is 9.67 Å². The summed E-state index contributed by atoms with van der Waals surface area (Å²) < 4.78 is 2.57. The van der Waals surface area contributed by atoms with Gasteiger partial charge < -0.3 is 9.67 Å². The zero-order chi connectivity index (χ0) is 13.8. The van der Waals surface area contributed by atoms with Crippen LogP contribution in [0.25, 0.3) is 0 Å². The Morgan fingerprint density at radius 3 is 2.47 bits per heavy atom. The van der Waals surface area contributed by atoms with Crippen molar-refractivity contribution < 1.29 is 5.11 Å². The van der Waals surface area contributed by atoms with E-state index in [0.717, 1.165) is 12.8 Å². The third-order valence-corrected chi connectivity index (χ3v) is 5.29. The number of nitrogens with zero attached hydrogens (tertiary/aromatic N) is 1. The first-order chi connectivity index (χ1) is 8.82. The number of rotatable bonds is 1. The van der Waals surface area contributed by atoms with Gasteiger partial charge in [-0.3, -0.25) is 0 Å². The molecular formula is C17H27NO. The summed E-state index contributed by atoms with van der Waals surface area (Å²) in [6.07, 6.45) is 6.97. The Balaban J connectivity index is 2.12. The van der Waals surface area contributed by atoms with Crippen LogP contribution in [0.15, 0.2) is 6.07 Å². The highest BCUT2D eigenvalue weighted by molar-refractivity contribution is 5.34. The van der Waals surface area contributed by atoms with Crippen molar-refractivity contribution in [3.8, 4) is 0 Å². The molecule has 2 nitrogen and oxygen atoms in total. The lowest BCUT2D eigenvalue weighted by Gasteiger charge is -2.38. The summed E-state index contributed by atoms with van der Waals surface area (Å²) in [5, 5.41) is 10.4. The molecule has 1 unspecified atom stereocenters. The lowest BCUT2D eigenvalue weighted by Crippen LogP contribution is -2.33. The molecule has 0 amide bonds. The fourth-order valence-corrected chi connectivity index (χ4v) is 4.46. The van der Waals surface area contributed by atoms with E-state index in [1.54, 1.807) is 0 Å².